The Morgan fingerprint density at radius 1 is 1.09 bits per heavy atom. The van der Waals surface area contributed by atoms with Gasteiger partial charge in [0, 0.05) is 72.2 Å². The van der Waals surface area contributed by atoms with Crippen LogP contribution in [0, 0.1) is 53.0 Å². The van der Waals surface area contributed by atoms with Gasteiger partial charge < -0.3 is 35.4 Å². The van der Waals surface area contributed by atoms with E-state index in [0.717, 1.165) is 95.4 Å². The summed E-state index contributed by atoms with van der Waals surface area (Å²) in [4.78, 5) is 21.7. The lowest BCUT2D eigenvalue weighted by Crippen LogP contribution is -2.47. The molecule has 7 aliphatic heterocycles. The molecule has 1 saturated carbocycles. The number of carbonyl (C=O) groups is 1. The number of hydrogen-bond acceptors (Lipinski definition) is 12. The smallest absolute Gasteiger partial charge is 0.187 e. The molecule has 0 aromatic heterocycles. The van der Waals surface area contributed by atoms with Gasteiger partial charge >= 0.3 is 0 Å². The molecule has 6 N–H and O–H groups in total. The topological polar surface area (TPSA) is 150 Å². The maximum Gasteiger partial charge on any atom is 0.187 e. The van der Waals surface area contributed by atoms with Gasteiger partial charge in [-0.3, -0.25) is 15.1 Å². The number of aryl methyl sites for hydroxylation is 1. The van der Waals surface area contributed by atoms with Gasteiger partial charge in [-0.2, -0.15) is 0 Å². The Bertz CT molecular complexity index is 2450. The highest BCUT2D eigenvalue weighted by Crippen LogP contribution is 2.51. The van der Waals surface area contributed by atoms with Gasteiger partial charge in [-0.05, 0) is 77.5 Å². The third-order valence-electron chi connectivity index (χ3n) is 15.4. The molecule has 342 valence electrons. The largest absolute Gasteiger partial charge is 0.465 e. The molecule has 11 rings (SSSR count). The van der Waals surface area contributed by atoms with Crippen LogP contribution in [0.25, 0.3) is 0 Å². The zero-order valence-electron chi connectivity index (χ0n) is 37.6. The fourth-order valence-corrected chi connectivity index (χ4v) is 14.2. The van der Waals surface area contributed by atoms with Crippen LogP contribution in [0.4, 0.5) is 0 Å². The number of nitrogens with two attached hydrogens (primary N) is 1. The second kappa shape index (κ2) is 19.0. The molecule has 2 aromatic rings. The highest BCUT2D eigenvalue weighted by atomic mass is 33.1. The number of carbonyl (C=O) groups excluding carboxylic acids is 1. The van der Waals surface area contributed by atoms with E-state index in [1.807, 2.05) is 24.4 Å². The average molecular weight is 915 g/mol. The summed E-state index contributed by atoms with van der Waals surface area (Å²) >= 11 is 0. The third-order valence-corrected chi connectivity index (χ3v) is 17.8. The van der Waals surface area contributed by atoms with Crippen LogP contribution in [0.3, 0.4) is 0 Å². The summed E-state index contributed by atoms with van der Waals surface area (Å²) in [5.74, 6) is 12.1. The third kappa shape index (κ3) is 8.63. The Hall–Kier alpha value is -3.98. The van der Waals surface area contributed by atoms with Gasteiger partial charge in [-0.1, -0.05) is 116 Å². The standard InChI is InChI=1S/C53H62N4O6S2/c1-3-4-5-8-36(49(61)37-12-9-31(2)23-46(37)60)45(59)16-10-32-11-18-47-50-41(32)30-65-64-29-34-26-56-51(54)38-14-13-35-39(48(34)38)24-33-25-55-43-28-57(27-40(33)43)52(63-50)42(15-17-44(35)58)53(21-22-62-47)19-6-7-20-53/h9,11-14,18,25,27,31,34,36-37,42,44,46,49,51-52,56,58,60-61H,3-8,10,16,19-20,23-24,26,28-30,54H2,1-2H3/t31-,34+,36-,37-,42+,44-,46-,49+,51+,52+/m1/s1. The van der Waals surface area contributed by atoms with Crippen molar-refractivity contribution >= 4 is 33.1 Å². The number of ether oxygens (including phenoxy) is 2. The van der Waals surface area contributed by atoms with E-state index in [1.165, 1.54) is 5.56 Å². The van der Waals surface area contributed by atoms with Crippen LogP contribution < -0.4 is 20.5 Å². The lowest BCUT2D eigenvalue weighted by molar-refractivity contribution is -0.129. The minimum Gasteiger partial charge on any atom is -0.465 e. The van der Waals surface area contributed by atoms with Crippen LogP contribution in [0.5, 0.6) is 11.5 Å². The Kier molecular flexibility index (Phi) is 13.1. The number of rotatable bonds is 10. The second-order valence-electron chi connectivity index (χ2n) is 19.6. The Morgan fingerprint density at radius 3 is 2.77 bits per heavy atom. The second-order valence-corrected chi connectivity index (χ2v) is 22.1. The molecule has 0 amide bonds. The van der Waals surface area contributed by atoms with Crippen molar-refractivity contribution in [1.82, 2.24) is 10.2 Å². The first-order valence-electron chi connectivity index (χ1n) is 24.0. The number of aliphatic hydroxyl groups excluding tert-OH is 3. The van der Waals surface area contributed by atoms with Crippen LogP contribution in [0.15, 0.2) is 65.0 Å². The van der Waals surface area contributed by atoms with E-state index < -0.39 is 47.7 Å². The molecule has 7 heterocycles. The Labute approximate surface area is 391 Å². The van der Waals surface area contributed by atoms with Gasteiger partial charge in [0.05, 0.1) is 42.0 Å². The molecule has 65 heavy (non-hydrogen) atoms. The highest BCUT2D eigenvalue weighted by molar-refractivity contribution is 8.76. The number of nitrogens with zero attached hydrogens (tertiary/aromatic N) is 2. The number of hydrogen-bond donors (Lipinski definition) is 5. The number of aliphatic hydroxyl groups is 3. The van der Waals surface area contributed by atoms with E-state index in [2.05, 4.69) is 72.3 Å². The van der Waals surface area contributed by atoms with Crippen molar-refractivity contribution in [3.8, 4) is 35.4 Å². The summed E-state index contributed by atoms with van der Waals surface area (Å²) in [5.41, 5.74) is 15.5. The number of unbranched alkanes of at least 4 members (excludes halogenated alkanes) is 2. The van der Waals surface area contributed by atoms with Gasteiger partial charge in [0.1, 0.15) is 18.0 Å². The van der Waals surface area contributed by atoms with Crippen molar-refractivity contribution in [2.45, 2.75) is 133 Å². The first-order chi connectivity index (χ1) is 31.6. The molecule has 9 aliphatic rings. The lowest BCUT2D eigenvalue weighted by atomic mass is 9.73. The zero-order valence-corrected chi connectivity index (χ0v) is 39.2. The number of benzene rings is 2. The molecular formula is C53H62N4O6S2. The first kappa shape index (κ1) is 44.8. The molecule has 0 unspecified atom stereocenters. The van der Waals surface area contributed by atoms with Crippen molar-refractivity contribution in [2.75, 3.05) is 18.8 Å². The molecule has 2 aliphatic carbocycles. The summed E-state index contributed by atoms with van der Waals surface area (Å²) in [6, 6.07) is 8.10. The highest BCUT2D eigenvalue weighted by Gasteiger charge is 2.49. The van der Waals surface area contributed by atoms with Crippen LogP contribution in [-0.2, 0) is 23.4 Å². The van der Waals surface area contributed by atoms with E-state index in [-0.39, 0.29) is 30.2 Å². The van der Waals surface area contributed by atoms with Gasteiger partial charge in [0.2, 0.25) is 0 Å². The molecule has 1 spiro atoms. The molecule has 10 atom stereocenters. The average Bonchev–Trinajstić information content (AvgIpc) is 4.05. The fraction of sp³-hybridized carbons (Fsp3) is 0.547. The summed E-state index contributed by atoms with van der Waals surface area (Å²) < 4.78 is 14.0. The van der Waals surface area contributed by atoms with Crippen LogP contribution in [0.1, 0.15) is 130 Å². The molecule has 1 fully saturated rings. The fourth-order valence-electron chi connectivity index (χ4n) is 11.8. The number of Topliss-reactive ketones (excluding diaryl/α,β-unsaturated/α-hetero) is 1. The Balaban J connectivity index is 1.08. The molecule has 0 saturated heterocycles. The quantitative estimate of drug-likeness (QED) is 0.0685. The number of allylic oxidation sites excluding steroid dienone is 2. The van der Waals surface area contributed by atoms with E-state index in [0.29, 0.717) is 56.0 Å². The molecular weight excluding hydrogens is 853 g/mol. The normalized spacial score (nSPS) is 30.1. The van der Waals surface area contributed by atoms with Crippen molar-refractivity contribution in [2.24, 2.45) is 39.8 Å². The van der Waals surface area contributed by atoms with Gasteiger partial charge in [0.25, 0.3) is 0 Å². The number of nitrogens with one attached hydrogen (secondary N) is 1. The van der Waals surface area contributed by atoms with Crippen LogP contribution >= 0.6 is 21.6 Å². The monoisotopic (exact) mass is 914 g/mol. The molecule has 10 nitrogen and oxygen atoms in total. The van der Waals surface area contributed by atoms with Gasteiger partial charge in [-0.25, -0.2) is 0 Å². The summed E-state index contributed by atoms with van der Waals surface area (Å²) in [7, 11) is 3.57. The van der Waals surface area contributed by atoms with Crippen molar-refractivity contribution in [1.29, 1.82) is 0 Å². The maximum atomic E-state index is 14.5. The Morgan fingerprint density at radius 2 is 1.94 bits per heavy atom. The minimum absolute atomic E-state index is 0.0166. The van der Waals surface area contributed by atoms with Crippen molar-refractivity contribution in [3.63, 3.8) is 0 Å². The molecule has 2 aromatic carbocycles. The molecule has 8 bridgehead atoms. The first-order valence-corrected chi connectivity index (χ1v) is 26.5. The molecule has 0 radical (unpaired) electrons. The van der Waals surface area contributed by atoms with E-state index in [9.17, 15) is 20.1 Å². The number of fused-ring (bicyclic) bond motifs is 4. The molecule has 12 heteroatoms. The number of ketones is 1. The van der Waals surface area contributed by atoms with Gasteiger partial charge in [0.15, 0.2) is 17.7 Å². The van der Waals surface area contributed by atoms with Crippen LogP contribution in [0.2, 0.25) is 0 Å². The van der Waals surface area contributed by atoms with Gasteiger partial charge in [-0.15, -0.1) is 0 Å². The van der Waals surface area contributed by atoms with E-state index in [4.69, 9.17) is 20.2 Å². The lowest BCUT2D eigenvalue weighted by Gasteiger charge is -2.39. The van der Waals surface area contributed by atoms with Crippen molar-refractivity contribution in [3.05, 3.63) is 93.3 Å². The SMILES string of the molecule is CCCCC[C@H](C(=O)CCc1ccc2c3c1CSSC[C@@H]1CN[C@H](N)c4ccc5c(c41)CC1=CN=C4CN(C=C14)[C@@H](O3)[C@H](C#C[C@H]5O)C1(C#CO2)CCCC1)[C@H](O)[C@@H]1C=C[C@@H](C)C[C@H]1O. The predicted octanol–water partition coefficient (Wildman–Crippen LogP) is 7.92. The summed E-state index contributed by atoms with van der Waals surface area (Å²) in [6.07, 6.45) is 16.7. The summed E-state index contributed by atoms with van der Waals surface area (Å²) in [5, 5.41) is 38.7. The minimum atomic E-state index is -1.05. The predicted molar refractivity (Wildman–Crippen MR) is 258 cm³/mol. The van der Waals surface area contributed by atoms with E-state index in [1.54, 1.807) is 21.6 Å². The van der Waals surface area contributed by atoms with E-state index >= 15 is 0 Å². The van der Waals surface area contributed by atoms with Crippen LogP contribution in [-0.4, -0.2) is 69.0 Å². The van der Waals surface area contributed by atoms with Crippen molar-refractivity contribution < 1.29 is 29.6 Å². The number of aliphatic imine (C=N–C) groups is 1. The zero-order chi connectivity index (χ0) is 44.8. The maximum absolute atomic E-state index is 14.5. The summed E-state index contributed by atoms with van der Waals surface area (Å²) in [6.45, 7) is 5.44.